The molecule has 2 saturated carbocycles. The summed E-state index contributed by atoms with van der Waals surface area (Å²) in [6, 6.07) is 0. The van der Waals surface area contributed by atoms with E-state index in [-0.39, 0.29) is 0 Å². The van der Waals surface area contributed by atoms with Crippen molar-refractivity contribution < 1.29 is 4.79 Å². The molecule has 1 amide bonds. The van der Waals surface area contributed by atoms with Crippen LogP contribution >= 0.6 is 0 Å². The van der Waals surface area contributed by atoms with Gasteiger partial charge in [-0.25, -0.2) is 0 Å². The van der Waals surface area contributed by atoms with Gasteiger partial charge in [0.25, 0.3) is 0 Å². The number of rotatable bonds is 5. The third kappa shape index (κ3) is 3.28. The molecule has 2 fully saturated rings. The molecule has 7 heteroatoms. The summed E-state index contributed by atoms with van der Waals surface area (Å²) in [5.41, 5.74) is 3.30. The van der Waals surface area contributed by atoms with Crippen molar-refractivity contribution in [3.63, 3.8) is 0 Å². The maximum absolute atomic E-state index is 12.9. The van der Waals surface area contributed by atoms with Crippen LogP contribution in [0.3, 0.4) is 0 Å². The Morgan fingerprint density at radius 1 is 1.19 bits per heavy atom. The van der Waals surface area contributed by atoms with Gasteiger partial charge in [-0.3, -0.25) is 9.48 Å². The first-order valence-corrected chi connectivity index (χ1v) is 10.4. The molecule has 0 atom stereocenters. The van der Waals surface area contributed by atoms with Gasteiger partial charge in [0, 0.05) is 50.8 Å². The Morgan fingerprint density at radius 2 is 2.00 bits per heavy atom. The Kier molecular flexibility index (Phi) is 4.25. The van der Waals surface area contributed by atoms with Crippen LogP contribution < -0.4 is 0 Å². The normalized spacial score (nSPS) is 20.3. The van der Waals surface area contributed by atoms with Gasteiger partial charge in [0.05, 0.1) is 0 Å². The topological polar surface area (TPSA) is 68.8 Å². The van der Waals surface area contributed by atoms with E-state index in [0.29, 0.717) is 24.8 Å². The lowest BCUT2D eigenvalue weighted by molar-refractivity contribution is -0.133. The lowest BCUT2D eigenvalue weighted by Crippen LogP contribution is -2.37. The van der Waals surface area contributed by atoms with E-state index in [1.807, 2.05) is 23.0 Å². The van der Waals surface area contributed by atoms with E-state index in [9.17, 15) is 4.79 Å². The van der Waals surface area contributed by atoms with E-state index < -0.39 is 0 Å². The van der Waals surface area contributed by atoms with Crippen LogP contribution in [0, 0.1) is 11.8 Å². The Bertz CT molecular complexity index is 843. The van der Waals surface area contributed by atoms with E-state index >= 15 is 0 Å². The lowest BCUT2D eigenvalue weighted by Gasteiger charge is -2.28. The van der Waals surface area contributed by atoms with Crippen molar-refractivity contribution >= 4 is 5.91 Å². The minimum absolute atomic E-state index is 0.307. The number of aromatic nitrogens is 5. The Labute approximate surface area is 159 Å². The molecule has 3 heterocycles. The van der Waals surface area contributed by atoms with Gasteiger partial charge in [-0.2, -0.15) is 5.10 Å². The second-order valence-electron chi connectivity index (χ2n) is 8.57. The summed E-state index contributed by atoms with van der Waals surface area (Å²) in [6.07, 6.45) is 11.0. The quantitative estimate of drug-likeness (QED) is 0.813. The number of fused-ring (bicyclic) bond motifs is 1. The van der Waals surface area contributed by atoms with Crippen LogP contribution in [-0.4, -0.2) is 41.9 Å². The van der Waals surface area contributed by atoms with Crippen LogP contribution in [0.15, 0.2) is 6.33 Å². The molecule has 0 aromatic carbocycles. The van der Waals surface area contributed by atoms with Crippen LogP contribution in [0.1, 0.15) is 56.2 Å². The average molecular weight is 368 g/mol. The summed E-state index contributed by atoms with van der Waals surface area (Å²) in [7, 11) is 2.00. The van der Waals surface area contributed by atoms with E-state index in [0.717, 1.165) is 42.5 Å². The average Bonchev–Trinajstić information content (AvgIpc) is 3.04. The Hall–Kier alpha value is -2.18. The zero-order chi connectivity index (χ0) is 18.4. The number of hydrogen-bond donors (Lipinski definition) is 0. The highest BCUT2D eigenvalue weighted by Crippen LogP contribution is 2.34. The van der Waals surface area contributed by atoms with Crippen molar-refractivity contribution in [2.75, 3.05) is 6.54 Å². The molecule has 0 spiro atoms. The summed E-state index contributed by atoms with van der Waals surface area (Å²) in [4.78, 5) is 14.9. The van der Waals surface area contributed by atoms with Crippen molar-refractivity contribution in [1.82, 2.24) is 29.4 Å². The van der Waals surface area contributed by atoms with Gasteiger partial charge >= 0.3 is 0 Å². The third-order valence-corrected chi connectivity index (χ3v) is 6.51. The van der Waals surface area contributed by atoms with Gasteiger partial charge in [-0.05, 0) is 37.5 Å². The van der Waals surface area contributed by atoms with Gasteiger partial charge in [-0.15, -0.1) is 10.2 Å². The molecule has 2 aromatic heterocycles. The highest BCUT2D eigenvalue weighted by molar-refractivity contribution is 5.77. The van der Waals surface area contributed by atoms with Gasteiger partial charge in [-0.1, -0.05) is 12.8 Å². The number of aryl methyl sites for hydroxylation is 1. The fourth-order valence-corrected chi connectivity index (χ4v) is 4.73. The van der Waals surface area contributed by atoms with Gasteiger partial charge < -0.3 is 9.47 Å². The van der Waals surface area contributed by atoms with Crippen LogP contribution in [-0.2, 0) is 31.4 Å². The van der Waals surface area contributed by atoms with E-state index in [1.165, 1.54) is 44.2 Å². The van der Waals surface area contributed by atoms with Crippen LogP contribution in [0.4, 0.5) is 0 Å². The molecule has 0 saturated heterocycles. The molecule has 1 aliphatic heterocycles. The van der Waals surface area contributed by atoms with Gasteiger partial charge in [0.1, 0.15) is 12.0 Å². The molecule has 7 nitrogen and oxygen atoms in total. The molecular weight excluding hydrogens is 340 g/mol. The van der Waals surface area contributed by atoms with E-state index in [2.05, 4.69) is 14.8 Å². The highest BCUT2D eigenvalue weighted by Gasteiger charge is 2.31. The summed E-state index contributed by atoms with van der Waals surface area (Å²) in [6.45, 7) is 2.42. The van der Waals surface area contributed by atoms with Crippen LogP contribution in [0.25, 0.3) is 11.5 Å². The second-order valence-corrected chi connectivity index (χ2v) is 8.57. The van der Waals surface area contributed by atoms with Crippen LogP contribution in [0.5, 0.6) is 0 Å². The maximum atomic E-state index is 12.9. The fourth-order valence-electron chi connectivity index (χ4n) is 4.73. The monoisotopic (exact) mass is 368 g/mol. The SMILES string of the molecule is Cn1nc(-c2nncn2CC2CC2)c2c1CCN(C(=O)CC1CCCC1)C2. The minimum atomic E-state index is 0.307. The number of carbonyl (C=O) groups is 1. The Morgan fingerprint density at radius 3 is 2.78 bits per heavy atom. The van der Waals surface area contributed by atoms with E-state index in [1.54, 1.807) is 0 Å². The molecule has 144 valence electrons. The first-order chi connectivity index (χ1) is 13.2. The van der Waals surface area contributed by atoms with Gasteiger partial charge in [0.2, 0.25) is 5.91 Å². The predicted molar refractivity (Wildman–Crippen MR) is 101 cm³/mol. The van der Waals surface area contributed by atoms with Crippen molar-refractivity contribution in [1.29, 1.82) is 0 Å². The lowest BCUT2D eigenvalue weighted by atomic mass is 10.0. The van der Waals surface area contributed by atoms with Crippen LogP contribution in [0.2, 0.25) is 0 Å². The molecule has 0 bridgehead atoms. The van der Waals surface area contributed by atoms with Crippen molar-refractivity contribution in [2.45, 2.75) is 64.5 Å². The number of hydrogen-bond acceptors (Lipinski definition) is 4. The molecule has 0 unspecified atom stereocenters. The first kappa shape index (κ1) is 17.0. The summed E-state index contributed by atoms with van der Waals surface area (Å²) in [5, 5.41) is 13.3. The molecular formula is C20H28N6O. The van der Waals surface area contributed by atoms with Crippen molar-refractivity contribution in [3.8, 4) is 11.5 Å². The minimum Gasteiger partial charge on any atom is -0.338 e. The molecule has 0 N–H and O–H groups in total. The second kappa shape index (κ2) is 6.77. The zero-order valence-electron chi connectivity index (χ0n) is 16.1. The largest absolute Gasteiger partial charge is 0.338 e. The zero-order valence-corrected chi connectivity index (χ0v) is 16.1. The van der Waals surface area contributed by atoms with Crippen molar-refractivity contribution in [3.05, 3.63) is 17.6 Å². The molecule has 2 aliphatic carbocycles. The number of carbonyl (C=O) groups excluding carboxylic acids is 1. The standard InChI is InChI=1S/C20H28N6O/c1-24-17-8-9-25(18(27)10-14-4-2-3-5-14)12-16(17)19(23-24)20-22-21-13-26(20)11-15-6-7-15/h13-15H,2-12H2,1H3. The molecule has 3 aliphatic rings. The van der Waals surface area contributed by atoms with Gasteiger partial charge in [0.15, 0.2) is 5.82 Å². The van der Waals surface area contributed by atoms with E-state index in [4.69, 9.17) is 5.10 Å². The third-order valence-electron chi connectivity index (χ3n) is 6.51. The molecule has 0 radical (unpaired) electrons. The summed E-state index contributed by atoms with van der Waals surface area (Å²) >= 11 is 0. The number of nitrogens with zero attached hydrogens (tertiary/aromatic N) is 6. The number of amides is 1. The molecule has 5 rings (SSSR count). The first-order valence-electron chi connectivity index (χ1n) is 10.4. The summed E-state index contributed by atoms with van der Waals surface area (Å²) in [5.74, 6) is 2.50. The predicted octanol–water partition coefficient (Wildman–Crippen LogP) is 2.55. The summed E-state index contributed by atoms with van der Waals surface area (Å²) < 4.78 is 4.11. The Balaban J connectivity index is 1.39. The molecule has 2 aromatic rings. The molecule has 27 heavy (non-hydrogen) atoms. The van der Waals surface area contributed by atoms with Crippen molar-refractivity contribution in [2.24, 2.45) is 18.9 Å². The maximum Gasteiger partial charge on any atom is 0.223 e. The smallest absolute Gasteiger partial charge is 0.223 e. The fraction of sp³-hybridized carbons (Fsp3) is 0.700. The highest BCUT2D eigenvalue weighted by atomic mass is 16.2.